The van der Waals surface area contributed by atoms with E-state index in [0.29, 0.717) is 17.3 Å². The summed E-state index contributed by atoms with van der Waals surface area (Å²) in [4.78, 5) is 16.1. The topological polar surface area (TPSA) is 67.5 Å². The summed E-state index contributed by atoms with van der Waals surface area (Å²) in [7, 11) is 0. The number of carbonyl (C=O) groups excluding carboxylic acids is 1. The molecule has 1 saturated carbocycles. The highest BCUT2D eigenvalue weighted by Gasteiger charge is 2.32. The number of nitrogens with zero attached hydrogens (tertiary/aromatic N) is 1. The lowest BCUT2D eigenvalue weighted by atomic mass is 10.1. The molecule has 0 amide bonds. The Labute approximate surface area is 99.9 Å². The first kappa shape index (κ1) is 11.6. The number of aliphatic imine (C=N–C) groups is 1. The molecule has 0 unspecified atom stereocenters. The molecular weight excluding hydrogens is 226 g/mol. The second-order valence-electron chi connectivity index (χ2n) is 4.22. The molecule has 4 nitrogen and oxygen atoms in total. The first-order valence-electron chi connectivity index (χ1n) is 5.64. The van der Waals surface area contributed by atoms with Crippen LogP contribution in [0.25, 0.3) is 0 Å². The molecule has 0 aromatic carbocycles. The molecule has 0 spiro atoms. The van der Waals surface area contributed by atoms with Gasteiger partial charge in [-0.1, -0.05) is 11.6 Å². The van der Waals surface area contributed by atoms with Gasteiger partial charge in [-0.3, -0.25) is 9.79 Å². The van der Waals surface area contributed by atoms with Gasteiger partial charge in [0.25, 0.3) is 0 Å². The summed E-state index contributed by atoms with van der Waals surface area (Å²) in [5.41, 5.74) is 6.67. The average molecular weight is 242 g/mol. The van der Waals surface area contributed by atoms with Crippen LogP contribution in [0.1, 0.15) is 19.3 Å². The average Bonchev–Trinajstić information content (AvgIpc) is 3.11. The van der Waals surface area contributed by atoms with Crippen LogP contribution in [-0.4, -0.2) is 31.1 Å². The van der Waals surface area contributed by atoms with Crippen molar-refractivity contribution in [2.75, 3.05) is 19.6 Å². The number of hydrogen-bond donors (Lipinski definition) is 2. The monoisotopic (exact) mass is 241 g/mol. The van der Waals surface area contributed by atoms with E-state index in [2.05, 4.69) is 10.3 Å². The molecule has 2 rings (SSSR count). The molecule has 16 heavy (non-hydrogen) atoms. The van der Waals surface area contributed by atoms with Crippen molar-refractivity contribution in [3.05, 3.63) is 10.7 Å². The Morgan fingerprint density at radius 2 is 2.25 bits per heavy atom. The molecule has 1 aliphatic heterocycles. The van der Waals surface area contributed by atoms with Crippen molar-refractivity contribution in [1.82, 2.24) is 5.32 Å². The predicted octanol–water partition coefficient (Wildman–Crippen LogP) is 0.809. The van der Waals surface area contributed by atoms with E-state index in [0.717, 1.165) is 32.4 Å². The fraction of sp³-hybridized carbons (Fsp3) is 0.636. The number of nitrogens with two attached hydrogens (primary N) is 1. The Kier molecular flexibility index (Phi) is 3.61. The Hall–Kier alpha value is -0.870. The second-order valence-corrected chi connectivity index (χ2v) is 4.60. The van der Waals surface area contributed by atoms with Crippen molar-refractivity contribution in [1.29, 1.82) is 0 Å². The number of carbonyl (C=O) groups is 1. The first-order chi connectivity index (χ1) is 7.70. The summed E-state index contributed by atoms with van der Waals surface area (Å²) >= 11 is 6.11. The lowest BCUT2D eigenvalue weighted by Gasteiger charge is -2.07. The van der Waals surface area contributed by atoms with Crippen LogP contribution in [-0.2, 0) is 4.79 Å². The molecule has 3 N–H and O–H groups in total. The zero-order valence-corrected chi connectivity index (χ0v) is 9.89. The van der Waals surface area contributed by atoms with Crippen molar-refractivity contribution in [3.8, 4) is 0 Å². The van der Waals surface area contributed by atoms with Crippen LogP contribution in [0.15, 0.2) is 15.7 Å². The number of hydrogen-bond acceptors (Lipinski definition) is 4. The number of halogens is 1. The number of ketones is 1. The van der Waals surface area contributed by atoms with E-state index in [1.807, 2.05) is 0 Å². The van der Waals surface area contributed by atoms with E-state index >= 15 is 0 Å². The summed E-state index contributed by atoms with van der Waals surface area (Å²) in [6.07, 6.45) is 2.87. The van der Waals surface area contributed by atoms with Crippen molar-refractivity contribution < 1.29 is 4.79 Å². The highest BCUT2D eigenvalue weighted by atomic mass is 35.5. The maximum atomic E-state index is 11.7. The third-order valence-electron chi connectivity index (χ3n) is 2.81. The third kappa shape index (κ3) is 2.62. The van der Waals surface area contributed by atoms with Crippen LogP contribution in [0, 0.1) is 5.92 Å². The highest BCUT2D eigenvalue weighted by Crippen LogP contribution is 2.32. The van der Waals surface area contributed by atoms with Gasteiger partial charge >= 0.3 is 0 Å². The van der Waals surface area contributed by atoms with Gasteiger partial charge in [-0.2, -0.15) is 0 Å². The normalized spacial score (nSPS) is 23.2. The van der Waals surface area contributed by atoms with E-state index in [1.165, 1.54) is 0 Å². The zero-order valence-electron chi connectivity index (χ0n) is 9.13. The van der Waals surface area contributed by atoms with E-state index in [9.17, 15) is 4.79 Å². The minimum atomic E-state index is -0.0167. The summed E-state index contributed by atoms with van der Waals surface area (Å²) in [5.74, 6) is 0.0880. The molecule has 1 fully saturated rings. The Morgan fingerprint density at radius 1 is 1.50 bits per heavy atom. The standard InChI is InChI=1S/C11H16ClN3O/c12-9(8-6-14-4-1-5-15-8)10(13)11(16)7-2-3-7/h7,14H,1-6,13H2/b10-9+. The molecule has 0 aromatic heterocycles. The SMILES string of the molecule is N/C(C(=O)C1CC1)=C(/Cl)C1=NCCCNC1. The van der Waals surface area contributed by atoms with Crippen LogP contribution in [0.3, 0.4) is 0 Å². The lowest BCUT2D eigenvalue weighted by Crippen LogP contribution is -2.25. The largest absolute Gasteiger partial charge is 0.395 e. The van der Waals surface area contributed by atoms with Crippen molar-refractivity contribution >= 4 is 23.1 Å². The summed E-state index contributed by atoms with van der Waals surface area (Å²) in [5, 5.41) is 3.54. The smallest absolute Gasteiger partial charge is 0.183 e. The molecular formula is C11H16ClN3O. The van der Waals surface area contributed by atoms with Gasteiger partial charge in [0.1, 0.15) is 0 Å². The highest BCUT2D eigenvalue weighted by molar-refractivity contribution is 6.45. The fourth-order valence-corrected chi connectivity index (χ4v) is 1.88. The van der Waals surface area contributed by atoms with Crippen LogP contribution < -0.4 is 11.1 Å². The molecule has 0 bridgehead atoms. The van der Waals surface area contributed by atoms with E-state index in [1.54, 1.807) is 0 Å². The molecule has 0 saturated heterocycles. The van der Waals surface area contributed by atoms with Crippen molar-refractivity contribution in [2.45, 2.75) is 19.3 Å². The van der Waals surface area contributed by atoms with Crippen LogP contribution in [0.2, 0.25) is 0 Å². The summed E-state index contributed by atoms with van der Waals surface area (Å²) in [6.45, 7) is 2.26. The summed E-state index contributed by atoms with van der Waals surface area (Å²) in [6, 6.07) is 0. The van der Waals surface area contributed by atoms with Crippen LogP contribution >= 0.6 is 11.6 Å². The second kappa shape index (κ2) is 4.97. The first-order valence-corrected chi connectivity index (χ1v) is 6.02. The molecule has 0 aromatic rings. The molecule has 1 aliphatic carbocycles. The van der Waals surface area contributed by atoms with Crippen LogP contribution in [0.4, 0.5) is 0 Å². The number of Topliss-reactive ketones (excluding diaryl/α,β-unsaturated/α-hetero) is 1. The Balaban J connectivity index is 2.13. The molecule has 88 valence electrons. The minimum absolute atomic E-state index is 0.0167. The quantitative estimate of drug-likeness (QED) is 0.719. The number of rotatable bonds is 3. The van der Waals surface area contributed by atoms with Gasteiger partial charge in [-0.25, -0.2) is 0 Å². The predicted molar refractivity (Wildman–Crippen MR) is 64.6 cm³/mol. The molecule has 0 atom stereocenters. The van der Waals surface area contributed by atoms with E-state index in [4.69, 9.17) is 17.3 Å². The maximum absolute atomic E-state index is 11.7. The van der Waals surface area contributed by atoms with Gasteiger partial charge < -0.3 is 11.1 Å². The zero-order chi connectivity index (χ0) is 11.5. The van der Waals surface area contributed by atoms with E-state index < -0.39 is 0 Å². The molecule has 0 radical (unpaired) electrons. The minimum Gasteiger partial charge on any atom is -0.395 e. The number of nitrogens with one attached hydrogen (secondary N) is 1. The molecule has 2 aliphatic rings. The fourth-order valence-electron chi connectivity index (χ4n) is 1.66. The van der Waals surface area contributed by atoms with Gasteiger partial charge in [0, 0.05) is 19.0 Å². The van der Waals surface area contributed by atoms with Gasteiger partial charge in [0.05, 0.1) is 16.4 Å². The number of allylic oxidation sites excluding steroid dienone is 1. The summed E-state index contributed by atoms with van der Waals surface area (Å²) < 4.78 is 0. The van der Waals surface area contributed by atoms with Gasteiger partial charge in [0.2, 0.25) is 0 Å². The van der Waals surface area contributed by atoms with Gasteiger partial charge in [0.15, 0.2) is 5.78 Å². The van der Waals surface area contributed by atoms with Crippen molar-refractivity contribution in [2.24, 2.45) is 16.6 Å². The van der Waals surface area contributed by atoms with Gasteiger partial charge in [-0.05, 0) is 25.8 Å². The Bertz CT molecular complexity index is 358. The van der Waals surface area contributed by atoms with Gasteiger partial charge in [-0.15, -0.1) is 0 Å². The maximum Gasteiger partial charge on any atom is 0.183 e. The van der Waals surface area contributed by atoms with Crippen LogP contribution in [0.5, 0.6) is 0 Å². The van der Waals surface area contributed by atoms with Crippen molar-refractivity contribution in [3.63, 3.8) is 0 Å². The lowest BCUT2D eigenvalue weighted by molar-refractivity contribution is -0.116. The third-order valence-corrected chi connectivity index (χ3v) is 3.23. The molecule has 5 heteroatoms. The molecule has 1 heterocycles. The Morgan fingerprint density at radius 3 is 2.94 bits per heavy atom. The van der Waals surface area contributed by atoms with E-state index in [-0.39, 0.29) is 17.4 Å².